The van der Waals surface area contributed by atoms with Gasteiger partial charge in [0, 0.05) is 25.5 Å². The van der Waals surface area contributed by atoms with Gasteiger partial charge in [0.05, 0.1) is 5.56 Å². The minimum atomic E-state index is 0.0906. The Morgan fingerprint density at radius 3 is 2.61 bits per heavy atom. The fourth-order valence-corrected chi connectivity index (χ4v) is 2.63. The third-order valence-electron chi connectivity index (χ3n) is 4.09. The second kappa shape index (κ2) is 5.09. The Morgan fingerprint density at radius 1 is 1.39 bits per heavy atom. The van der Waals surface area contributed by atoms with Crippen molar-refractivity contribution in [3.05, 3.63) is 30.1 Å². The van der Waals surface area contributed by atoms with Crippen LogP contribution in [0.25, 0.3) is 0 Å². The minimum Gasteiger partial charge on any atom is -0.339 e. The highest BCUT2D eigenvalue weighted by Gasteiger charge is 2.30. The molecule has 1 aliphatic carbocycles. The van der Waals surface area contributed by atoms with E-state index in [1.54, 1.807) is 12.4 Å². The van der Waals surface area contributed by atoms with E-state index in [0.29, 0.717) is 17.0 Å². The highest BCUT2D eigenvalue weighted by molar-refractivity contribution is 5.93. The van der Waals surface area contributed by atoms with Crippen molar-refractivity contribution in [2.45, 2.75) is 45.6 Å². The lowest BCUT2D eigenvalue weighted by atomic mass is 9.75. The van der Waals surface area contributed by atoms with E-state index in [0.717, 1.165) is 12.8 Å². The van der Waals surface area contributed by atoms with Crippen LogP contribution < -0.4 is 0 Å². The van der Waals surface area contributed by atoms with Crippen molar-refractivity contribution in [3.8, 4) is 0 Å². The first kappa shape index (κ1) is 13.1. The monoisotopic (exact) mass is 246 g/mol. The van der Waals surface area contributed by atoms with Crippen LogP contribution in [-0.2, 0) is 0 Å². The van der Waals surface area contributed by atoms with Crippen LogP contribution in [0.2, 0.25) is 0 Å². The maximum atomic E-state index is 12.3. The lowest BCUT2D eigenvalue weighted by molar-refractivity contribution is 0.0635. The van der Waals surface area contributed by atoms with Gasteiger partial charge < -0.3 is 4.90 Å². The molecule has 1 heterocycles. The Labute approximate surface area is 109 Å². The van der Waals surface area contributed by atoms with Crippen molar-refractivity contribution in [2.24, 2.45) is 5.41 Å². The summed E-state index contributed by atoms with van der Waals surface area (Å²) in [4.78, 5) is 18.2. The summed E-state index contributed by atoms with van der Waals surface area (Å²) < 4.78 is 0. The molecule has 1 saturated carbocycles. The first-order chi connectivity index (χ1) is 8.49. The number of pyridine rings is 1. The summed E-state index contributed by atoms with van der Waals surface area (Å²) in [5.41, 5.74) is 1.12. The number of hydrogen-bond donors (Lipinski definition) is 0. The molecule has 0 spiro atoms. The van der Waals surface area contributed by atoms with E-state index in [-0.39, 0.29) is 5.91 Å². The van der Waals surface area contributed by atoms with Crippen molar-refractivity contribution in [1.29, 1.82) is 0 Å². The predicted octanol–water partition coefficient (Wildman–Crippen LogP) is 3.12. The van der Waals surface area contributed by atoms with Crippen molar-refractivity contribution in [1.82, 2.24) is 9.88 Å². The standard InChI is InChI=1S/C15H22N2O/c1-15(2)8-6-13(7-9-15)17(3)14(18)12-5-4-10-16-11-12/h4-5,10-11,13H,6-9H2,1-3H3. The highest BCUT2D eigenvalue weighted by Crippen LogP contribution is 2.36. The number of hydrogen-bond acceptors (Lipinski definition) is 2. The Balaban J connectivity index is 2.00. The Hall–Kier alpha value is -1.38. The minimum absolute atomic E-state index is 0.0906. The van der Waals surface area contributed by atoms with Gasteiger partial charge in [-0.15, -0.1) is 0 Å². The van der Waals surface area contributed by atoms with Crippen molar-refractivity contribution in [3.63, 3.8) is 0 Å². The van der Waals surface area contributed by atoms with Gasteiger partial charge in [0.25, 0.3) is 5.91 Å². The van der Waals surface area contributed by atoms with Crippen molar-refractivity contribution < 1.29 is 4.79 Å². The molecule has 0 saturated heterocycles. The van der Waals surface area contributed by atoms with E-state index in [9.17, 15) is 4.79 Å². The molecule has 0 bridgehead atoms. The second-order valence-electron chi connectivity index (χ2n) is 6.05. The summed E-state index contributed by atoms with van der Waals surface area (Å²) >= 11 is 0. The van der Waals surface area contributed by atoms with Crippen LogP contribution in [0.3, 0.4) is 0 Å². The molecule has 0 N–H and O–H groups in total. The molecule has 0 atom stereocenters. The van der Waals surface area contributed by atoms with E-state index in [1.165, 1.54) is 12.8 Å². The molecule has 1 fully saturated rings. The maximum Gasteiger partial charge on any atom is 0.255 e. The van der Waals surface area contributed by atoms with E-state index < -0.39 is 0 Å². The summed E-state index contributed by atoms with van der Waals surface area (Å²) in [7, 11) is 1.92. The van der Waals surface area contributed by atoms with Crippen molar-refractivity contribution in [2.75, 3.05) is 7.05 Å². The van der Waals surface area contributed by atoms with E-state index >= 15 is 0 Å². The molecule has 0 aromatic carbocycles. The van der Waals surface area contributed by atoms with Crippen LogP contribution >= 0.6 is 0 Å². The maximum absolute atomic E-state index is 12.3. The number of nitrogens with zero attached hydrogens (tertiary/aromatic N) is 2. The van der Waals surface area contributed by atoms with Crippen LogP contribution in [0.15, 0.2) is 24.5 Å². The molecule has 3 nitrogen and oxygen atoms in total. The average molecular weight is 246 g/mol. The van der Waals surface area contributed by atoms with Gasteiger partial charge in [0.2, 0.25) is 0 Å². The molecule has 1 aliphatic rings. The fourth-order valence-electron chi connectivity index (χ4n) is 2.63. The van der Waals surface area contributed by atoms with E-state index in [4.69, 9.17) is 0 Å². The third-order valence-corrected chi connectivity index (χ3v) is 4.09. The molecule has 98 valence electrons. The molecule has 1 amide bonds. The molecule has 18 heavy (non-hydrogen) atoms. The summed E-state index contributed by atoms with van der Waals surface area (Å²) in [6.45, 7) is 4.62. The summed E-state index contributed by atoms with van der Waals surface area (Å²) in [6.07, 6.45) is 7.95. The van der Waals surface area contributed by atoms with Gasteiger partial charge in [-0.3, -0.25) is 9.78 Å². The Bertz CT molecular complexity index is 404. The average Bonchev–Trinajstić information content (AvgIpc) is 2.38. The molecule has 0 aliphatic heterocycles. The Morgan fingerprint density at radius 2 is 2.06 bits per heavy atom. The lowest BCUT2D eigenvalue weighted by Gasteiger charge is -2.38. The number of carbonyl (C=O) groups is 1. The molecule has 1 aromatic heterocycles. The van der Waals surface area contributed by atoms with Gasteiger partial charge in [0.15, 0.2) is 0 Å². The van der Waals surface area contributed by atoms with Crippen molar-refractivity contribution >= 4 is 5.91 Å². The van der Waals surface area contributed by atoms with E-state index in [1.807, 2.05) is 24.1 Å². The van der Waals surface area contributed by atoms with Gasteiger partial charge in [0.1, 0.15) is 0 Å². The van der Waals surface area contributed by atoms with E-state index in [2.05, 4.69) is 18.8 Å². The van der Waals surface area contributed by atoms with Crippen LogP contribution in [-0.4, -0.2) is 28.9 Å². The normalized spacial score (nSPS) is 19.5. The fraction of sp³-hybridized carbons (Fsp3) is 0.600. The highest BCUT2D eigenvalue weighted by atomic mass is 16.2. The summed E-state index contributed by atoms with van der Waals surface area (Å²) in [5, 5.41) is 0. The van der Waals surface area contributed by atoms with Crippen LogP contribution in [0, 0.1) is 5.41 Å². The Kier molecular flexibility index (Phi) is 3.69. The van der Waals surface area contributed by atoms with Gasteiger partial charge >= 0.3 is 0 Å². The quantitative estimate of drug-likeness (QED) is 0.803. The molecule has 1 aromatic rings. The zero-order valence-electron chi connectivity index (χ0n) is 11.5. The molecule has 2 rings (SSSR count). The number of rotatable bonds is 2. The first-order valence-electron chi connectivity index (χ1n) is 6.67. The van der Waals surface area contributed by atoms with Crippen LogP contribution in [0.4, 0.5) is 0 Å². The number of carbonyl (C=O) groups excluding carboxylic acids is 1. The number of aromatic nitrogens is 1. The zero-order chi connectivity index (χ0) is 13.2. The van der Waals surface area contributed by atoms with Crippen LogP contribution in [0.5, 0.6) is 0 Å². The van der Waals surface area contributed by atoms with Gasteiger partial charge in [-0.2, -0.15) is 0 Å². The first-order valence-corrected chi connectivity index (χ1v) is 6.67. The van der Waals surface area contributed by atoms with Gasteiger partial charge in [-0.05, 0) is 43.2 Å². The molecule has 0 unspecified atom stereocenters. The number of amides is 1. The van der Waals surface area contributed by atoms with Crippen LogP contribution in [0.1, 0.15) is 49.9 Å². The molecule has 3 heteroatoms. The largest absolute Gasteiger partial charge is 0.339 e. The van der Waals surface area contributed by atoms with Gasteiger partial charge in [-0.1, -0.05) is 13.8 Å². The molecular weight excluding hydrogens is 224 g/mol. The second-order valence-corrected chi connectivity index (χ2v) is 6.05. The zero-order valence-corrected chi connectivity index (χ0v) is 11.5. The summed E-state index contributed by atoms with van der Waals surface area (Å²) in [5.74, 6) is 0.0906. The summed E-state index contributed by atoms with van der Waals surface area (Å²) in [6, 6.07) is 4.02. The lowest BCUT2D eigenvalue weighted by Crippen LogP contribution is -2.40. The SMILES string of the molecule is CN(C(=O)c1cccnc1)C1CCC(C)(C)CC1. The molecular formula is C15H22N2O. The third kappa shape index (κ3) is 2.89. The smallest absolute Gasteiger partial charge is 0.255 e. The predicted molar refractivity (Wildman–Crippen MR) is 72.4 cm³/mol. The molecule has 0 radical (unpaired) electrons. The topological polar surface area (TPSA) is 33.2 Å². The van der Waals surface area contributed by atoms with Gasteiger partial charge in [-0.25, -0.2) is 0 Å².